The van der Waals surface area contributed by atoms with Crippen LogP contribution in [-0.2, 0) is 6.42 Å². The molecule has 1 amide bonds. The molecule has 0 saturated carbocycles. The highest BCUT2D eigenvalue weighted by Gasteiger charge is 2.12. The van der Waals surface area contributed by atoms with Crippen molar-refractivity contribution in [3.8, 4) is 0 Å². The van der Waals surface area contributed by atoms with E-state index in [-0.39, 0.29) is 5.91 Å². The minimum atomic E-state index is -0.257. The van der Waals surface area contributed by atoms with Crippen molar-refractivity contribution in [2.45, 2.75) is 13.3 Å². The van der Waals surface area contributed by atoms with Crippen molar-refractivity contribution in [3.63, 3.8) is 0 Å². The number of nitrogens with one attached hydrogen (secondary N) is 1. The highest BCUT2D eigenvalue weighted by Crippen LogP contribution is 2.23. The molecule has 0 atom stereocenters. The van der Waals surface area contributed by atoms with Crippen molar-refractivity contribution >= 4 is 34.5 Å². The number of hydrogen-bond donors (Lipinski definition) is 2. The van der Waals surface area contributed by atoms with Crippen LogP contribution < -0.4 is 11.1 Å². The molecule has 0 bridgehead atoms. The average Bonchev–Trinajstić information content (AvgIpc) is 2.83. The second-order valence-corrected chi connectivity index (χ2v) is 5.45. The van der Waals surface area contributed by atoms with Gasteiger partial charge in [-0.3, -0.25) is 4.79 Å². The number of nitrogens with zero attached hydrogens (tertiary/aromatic N) is 1. The standard InChI is InChI=1S/C13H14ClN3OS/c1-8-2-3-9(14)10(6-8)17-13(18)11-7-19-12(16-11)4-5-15/h2-3,6-7H,4-5,15H2,1H3,(H,17,18). The van der Waals surface area contributed by atoms with Gasteiger partial charge in [-0.15, -0.1) is 11.3 Å². The maximum absolute atomic E-state index is 12.0. The van der Waals surface area contributed by atoms with Crippen LogP contribution in [0.1, 0.15) is 21.1 Å². The van der Waals surface area contributed by atoms with Crippen LogP contribution in [0.5, 0.6) is 0 Å². The summed E-state index contributed by atoms with van der Waals surface area (Å²) in [6.07, 6.45) is 0.684. The molecule has 4 nitrogen and oxygen atoms in total. The lowest BCUT2D eigenvalue weighted by atomic mass is 10.2. The Bertz CT molecular complexity index is 597. The van der Waals surface area contributed by atoms with Gasteiger partial charge in [0.15, 0.2) is 0 Å². The van der Waals surface area contributed by atoms with E-state index in [1.54, 1.807) is 11.4 Å². The van der Waals surface area contributed by atoms with Crippen molar-refractivity contribution in [1.82, 2.24) is 4.98 Å². The van der Waals surface area contributed by atoms with Crippen LogP contribution in [-0.4, -0.2) is 17.4 Å². The second-order valence-electron chi connectivity index (χ2n) is 4.10. The Balaban J connectivity index is 2.13. The zero-order valence-electron chi connectivity index (χ0n) is 10.4. The molecule has 0 saturated heterocycles. The first kappa shape index (κ1) is 14.0. The third-order valence-corrected chi connectivity index (χ3v) is 3.75. The van der Waals surface area contributed by atoms with Gasteiger partial charge >= 0.3 is 0 Å². The fraction of sp³-hybridized carbons (Fsp3) is 0.231. The van der Waals surface area contributed by atoms with Crippen LogP contribution >= 0.6 is 22.9 Å². The lowest BCUT2D eigenvalue weighted by Gasteiger charge is -2.06. The van der Waals surface area contributed by atoms with Gasteiger partial charge in [-0.1, -0.05) is 17.7 Å². The number of carbonyl (C=O) groups excluding carboxylic acids is 1. The highest BCUT2D eigenvalue weighted by molar-refractivity contribution is 7.09. The van der Waals surface area contributed by atoms with Crippen molar-refractivity contribution in [2.24, 2.45) is 5.73 Å². The van der Waals surface area contributed by atoms with E-state index in [2.05, 4.69) is 10.3 Å². The summed E-state index contributed by atoms with van der Waals surface area (Å²) in [7, 11) is 0. The number of halogens is 1. The lowest BCUT2D eigenvalue weighted by Crippen LogP contribution is -2.13. The second kappa shape index (κ2) is 6.14. The zero-order chi connectivity index (χ0) is 13.8. The van der Waals surface area contributed by atoms with Crippen LogP contribution in [0.25, 0.3) is 0 Å². The molecule has 100 valence electrons. The van der Waals surface area contributed by atoms with Gasteiger partial charge in [0.1, 0.15) is 5.69 Å². The van der Waals surface area contributed by atoms with Crippen LogP contribution in [0.15, 0.2) is 23.6 Å². The average molecular weight is 296 g/mol. The smallest absolute Gasteiger partial charge is 0.275 e. The van der Waals surface area contributed by atoms with Gasteiger partial charge in [0.05, 0.1) is 15.7 Å². The Hall–Kier alpha value is -1.43. The van der Waals surface area contributed by atoms with Gasteiger partial charge in [-0.2, -0.15) is 0 Å². The number of hydrogen-bond acceptors (Lipinski definition) is 4. The predicted octanol–water partition coefficient (Wildman–Crippen LogP) is 2.86. The van der Waals surface area contributed by atoms with Crippen LogP contribution in [0.2, 0.25) is 5.02 Å². The van der Waals surface area contributed by atoms with Crippen molar-refractivity contribution in [3.05, 3.63) is 44.9 Å². The Kier molecular flexibility index (Phi) is 4.52. The third-order valence-electron chi connectivity index (χ3n) is 2.51. The minimum Gasteiger partial charge on any atom is -0.330 e. The van der Waals surface area contributed by atoms with E-state index >= 15 is 0 Å². The zero-order valence-corrected chi connectivity index (χ0v) is 12.0. The SMILES string of the molecule is Cc1ccc(Cl)c(NC(=O)c2csc(CCN)n2)c1. The summed E-state index contributed by atoms with van der Waals surface area (Å²) in [5, 5.41) is 5.87. The number of anilines is 1. The number of aryl methyl sites for hydroxylation is 1. The maximum Gasteiger partial charge on any atom is 0.275 e. The molecular formula is C13H14ClN3OS. The molecule has 0 aliphatic heterocycles. The summed E-state index contributed by atoms with van der Waals surface area (Å²) in [6, 6.07) is 5.47. The Morgan fingerprint density at radius 1 is 1.53 bits per heavy atom. The van der Waals surface area contributed by atoms with Gasteiger partial charge in [-0.05, 0) is 31.2 Å². The molecule has 0 radical (unpaired) electrons. The Labute approximate surface area is 120 Å². The molecule has 1 aromatic carbocycles. The monoisotopic (exact) mass is 295 g/mol. The minimum absolute atomic E-state index is 0.257. The van der Waals surface area contributed by atoms with Crippen LogP contribution in [0.4, 0.5) is 5.69 Å². The molecule has 0 unspecified atom stereocenters. The number of amides is 1. The van der Waals surface area contributed by atoms with E-state index in [9.17, 15) is 4.79 Å². The normalized spacial score (nSPS) is 10.5. The summed E-state index contributed by atoms with van der Waals surface area (Å²) in [5.41, 5.74) is 7.48. The van der Waals surface area contributed by atoms with Gasteiger partial charge < -0.3 is 11.1 Å². The van der Waals surface area contributed by atoms with Gasteiger partial charge in [0.2, 0.25) is 0 Å². The van der Waals surface area contributed by atoms with E-state index in [4.69, 9.17) is 17.3 Å². The molecule has 3 N–H and O–H groups in total. The molecule has 0 spiro atoms. The van der Waals surface area contributed by atoms with E-state index < -0.39 is 0 Å². The van der Waals surface area contributed by atoms with Crippen molar-refractivity contribution < 1.29 is 4.79 Å². The molecule has 0 aliphatic carbocycles. The first-order valence-corrected chi connectivity index (χ1v) is 7.08. The van der Waals surface area contributed by atoms with Crippen LogP contribution in [0.3, 0.4) is 0 Å². The lowest BCUT2D eigenvalue weighted by molar-refractivity contribution is 0.102. The molecular weight excluding hydrogens is 282 g/mol. The topological polar surface area (TPSA) is 68.0 Å². The molecule has 0 fully saturated rings. The largest absolute Gasteiger partial charge is 0.330 e. The van der Waals surface area contributed by atoms with E-state index in [1.165, 1.54) is 11.3 Å². The summed E-state index contributed by atoms with van der Waals surface area (Å²) in [5.74, 6) is -0.257. The number of rotatable bonds is 4. The van der Waals surface area contributed by atoms with Gasteiger partial charge in [0, 0.05) is 11.8 Å². The van der Waals surface area contributed by atoms with Crippen molar-refractivity contribution in [2.75, 3.05) is 11.9 Å². The van der Waals surface area contributed by atoms with Crippen molar-refractivity contribution in [1.29, 1.82) is 0 Å². The Morgan fingerprint density at radius 2 is 2.32 bits per heavy atom. The fourth-order valence-electron chi connectivity index (χ4n) is 1.57. The number of carbonyl (C=O) groups is 1. The first-order valence-electron chi connectivity index (χ1n) is 5.82. The summed E-state index contributed by atoms with van der Waals surface area (Å²) in [4.78, 5) is 16.3. The summed E-state index contributed by atoms with van der Waals surface area (Å²) >= 11 is 7.47. The van der Waals surface area contributed by atoms with Gasteiger partial charge in [-0.25, -0.2) is 4.98 Å². The van der Waals surface area contributed by atoms with E-state index in [1.807, 2.05) is 19.1 Å². The number of benzene rings is 1. The number of aromatic nitrogens is 1. The van der Waals surface area contributed by atoms with E-state index in [0.29, 0.717) is 29.4 Å². The number of nitrogens with two attached hydrogens (primary N) is 1. The fourth-order valence-corrected chi connectivity index (χ4v) is 2.53. The van der Waals surface area contributed by atoms with Crippen LogP contribution in [0, 0.1) is 6.92 Å². The molecule has 2 rings (SSSR count). The summed E-state index contributed by atoms with van der Waals surface area (Å²) < 4.78 is 0. The predicted molar refractivity (Wildman–Crippen MR) is 79.0 cm³/mol. The van der Waals surface area contributed by atoms with E-state index in [0.717, 1.165) is 10.6 Å². The molecule has 1 aromatic heterocycles. The van der Waals surface area contributed by atoms with Gasteiger partial charge in [0.25, 0.3) is 5.91 Å². The first-order chi connectivity index (χ1) is 9.10. The molecule has 1 heterocycles. The number of thiazole rings is 1. The highest BCUT2D eigenvalue weighted by atomic mass is 35.5. The molecule has 19 heavy (non-hydrogen) atoms. The third kappa shape index (κ3) is 3.53. The molecule has 2 aromatic rings. The maximum atomic E-state index is 12.0. The molecule has 6 heteroatoms. The molecule has 0 aliphatic rings. The summed E-state index contributed by atoms with van der Waals surface area (Å²) in [6.45, 7) is 2.46. The Morgan fingerprint density at radius 3 is 3.05 bits per heavy atom. The quantitative estimate of drug-likeness (QED) is 0.911.